The number of rotatable bonds is 11. The minimum absolute atomic E-state index is 0.000338. The highest BCUT2D eigenvalue weighted by Crippen LogP contribution is 2.25. The quantitative estimate of drug-likeness (QED) is 0.266. The van der Waals surface area contributed by atoms with Gasteiger partial charge in [0, 0.05) is 23.9 Å². The maximum atomic E-state index is 13.7. The highest BCUT2D eigenvalue weighted by Gasteiger charge is 2.31. The van der Waals surface area contributed by atoms with Gasteiger partial charge in [0.05, 0.1) is 15.8 Å². The summed E-state index contributed by atoms with van der Waals surface area (Å²) in [6.07, 6.45) is 1.21. The summed E-state index contributed by atoms with van der Waals surface area (Å²) in [7, 11) is 0. The van der Waals surface area contributed by atoms with Gasteiger partial charge in [0.1, 0.15) is 6.04 Å². The summed E-state index contributed by atoms with van der Waals surface area (Å²) in [5.74, 6) is -0.0689. The first-order valence-corrected chi connectivity index (χ1v) is 13.8. The number of nitrogens with one attached hydrogen (secondary N) is 1. The lowest BCUT2D eigenvalue weighted by Crippen LogP contribution is -2.52. The fourth-order valence-electron chi connectivity index (χ4n) is 3.69. The van der Waals surface area contributed by atoms with Gasteiger partial charge in [0.25, 0.3) is 0 Å². The zero-order valence-electron chi connectivity index (χ0n) is 20.8. The van der Waals surface area contributed by atoms with Crippen LogP contribution in [0.15, 0.2) is 77.7 Å². The molecule has 3 aromatic carbocycles. The fourth-order valence-corrected chi connectivity index (χ4v) is 4.80. The standard InChI is InChI=1S/C29H32Cl2N2O2S/c1-4-21(3)32-29(35)27(17-22-8-6-5-7-9-22)33(18-23-12-15-25(30)26(31)16-23)28(34)19-36-24-13-10-20(2)11-14-24/h5-16,21,27H,4,17-19H2,1-3H3,(H,32,35). The molecule has 0 spiro atoms. The second-order valence-corrected chi connectivity index (χ2v) is 10.8. The lowest BCUT2D eigenvalue weighted by atomic mass is 10.0. The molecule has 0 fully saturated rings. The van der Waals surface area contributed by atoms with E-state index in [2.05, 4.69) is 5.32 Å². The van der Waals surface area contributed by atoms with E-state index in [-0.39, 0.29) is 30.2 Å². The average Bonchev–Trinajstić information content (AvgIpc) is 2.88. The van der Waals surface area contributed by atoms with Crippen LogP contribution in [0.2, 0.25) is 10.0 Å². The summed E-state index contributed by atoms with van der Waals surface area (Å²) in [5, 5.41) is 3.95. The third-order valence-electron chi connectivity index (χ3n) is 5.99. The van der Waals surface area contributed by atoms with E-state index >= 15 is 0 Å². The third kappa shape index (κ3) is 8.29. The van der Waals surface area contributed by atoms with Gasteiger partial charge in [-0.25, -0.2) is 0 Å². The fraction of sp³-hybridized carbons (Fsp3) is 0.310. The van der Waals surface area contributed by atoms with Crippen molar-refractivity contribution in [3.05, 3.63) is 99.5 Å². The highest BCUT2D eigenvalue weighted by atomic mass is 35.5. The Morgan fingerprint density at radius 1 is 0.944 bits per heavy atom. The molecule has 2 atom stereocenters. The van der Waals surface area contributed by atoms with Gasteiger partial charge >= 0.3 is 0 Å². The molecule has 4 nitrogen and oxygen atoms in total. The Labute approximate surface area is 228 Å². The van der Waals surface area contributed by atoms with Crippen molar-refractivity contribution in [1.29, 1.82) is 0 Å². The van der Waals surface area contributed by atoms with Crippen LogP contribution in [0.25, 0.3) is 0 Å². The molecule has 0 aliphatic heterocycles. The topological polar surface area (TPSA) is 49.4 Å². The normalized spacial score (nSPS) is 12.6. The molecule has 0 aromatic heterocycles. The lowest BCUT2D eigenvalue weighted by Gasteiger charge is -2.32. The van der Waals surface area contributed by atoms with Crippen LogP contribution in [0.1, 0.15) is 37.0 Å². The number of carbonyl (C=O) groups excluding carboxylic acids is 2. The maximum Gasteiger partial charge on any atom is 0.243 e. The van der Waals surface area contributed by atoms with Crippen molar-refractivity contribution in [3.63, 3.8) is 0 Å². The number of nitrogens with zero attached hydrogens (tertiary/aromatic N) is 1. The van der Waals surface area contributed by atoms with E-state index in [1.807, 2.05) is 81.4 Å². The largest absolute Gasteiger partial charge is 0.352 e. The van der Waals surface area contributed by atoms with Gasteiger partial charge in [-0.3, -0.25) is 9.59 Å². The van der Waals surface area contributed by atoms with Gasteiger partial charge < -0.3 is 10.2 Å². The number of thioether (sulfide) groups is 1. The number of carbonyl (C=O) groups is 2. The Balaban J connectivity index is 1.92. The Bertz CT molecular complexity index is 1160. The van der Waals surface area contributed by atoms with E-state index in [4.69, 9.17) is 23.2 Å². The van der Waals surface area contributed by atoms with Crippen molar-refractivity contribution in [2.24, 2.45) is 0 Å². The van der Waals surface area contributed by atoms with Crippen LogP contribution < -0.4 is 5.32 Å². The summed E-state index contributed by atoms with van der Waals surface area (Å²) in [4.78, 5) is 29.9. The van der Waals surface area contributed by atoms with E-state index < -0.39 is 6.04 Å². The summed E-state index contributed by atoms with van der Waals surface area (Å²) in [6.45, 7) is 6.27. The first-order valence-electron chi connectivity index (χ1n) is 12.0. The van der Waals surface area contributed by atoms with E-state index in [0.29, 0.717) is 16.5 Å². The van der Waals surface area contributed by atoms with Crippen LogP contribution in [0.4, 0.5) is 0 Å². The molecular weight excluding hydrogens is 511 g/mol. The van der Waals surface area contributed by atoms with E-state index in [1.54, 1.807) is 17.0 Å². The summed E-state index contributed by atoms with van der Waals surface area (Å²) in [6, 6.07) is 22.5. The molecule has 0 saturated heterocycles. The molecule has 2 amide bonds. The minimum Gasteiger partial charge on any atom is -0.352 e. The zero-order chi connectivity index (χ0) is 26.1. The van der Waals surface area contributed by atoms with Crippen molar-refractivity contribution in [3.8, 4) is 0 Å². The second-order valence-electron chi connectivity index (χ2n) is 8.90. The van der Waals surface area contributed by atoms with Crippen LogP contribution in [0, 0.1) is 6.92 Å². The highest BCUT2D eigenvalue weighted by molar-refractivity contribution is 8.00. The van der Waals surface area contributed by atoms with Crippen LogP contribution in [-0.2, 0) is 22.6 Å². The SMILES string of the molecule is CCC(C)NC(=O)C(Cc1ccccc1)N(Cc1ccc(Cl)c(Cl)c1)C(=O)CSc1ccc(C)cc1. The van der Waals surface area contributed by atoms with E-state index in [9.17, 15) is 9.59 Å². The zero-order valence-corrected chi connectivity index (χ0v) is 23.2. The minimum atomic E-state index is -0.679. The predicted molar refractivity (Wildman–Crippen MR) is 151 cm³/mol. The van der Waals surface area contributed by atoms with Gasteiger partial charge in [-0.15, -0.1) is 11.8 Å². The summed E-state index contributed by atoms with van der Waals surface area (Å²) in [5.41, 5.74) is 2.96. The lowest BCUT2D eigenvalue weighted by molar-refractivity contribution is -0.139. The first kappa shape index (κ1) is 28.1. The molecule has 0 heterocycles. The molecule has 7 heteroatoms. The molecule has 1 N–H and O–H groups in total. The van der Waals surface area contributed by atoms with Crippen molar-refractivity contribution in [1.82, 2.24) is 10.2 Å². The van der Waals surface area contributed by atoms with Crippen molar-refractivity contribution < 1.29 is 9.59 Å². The van der Waals surface area contributed by atoms with Gasteiger partial charge in [-0.2, -0.15) is 0 Å². The van der Waals surface area contributed by atoms with Gasteiger partial charge in [-0.05, 0) is 55.7 Å². The summed E-state index contributed by atoms with van der Waals surface area (Å²) < 4.78 is 0. The molecule has 0 aliphatic rings. The molecule has 0 saturated carbocycles. The average molecular weight is 544 g/mol. The van der Waals surface area contributed by atoms with Gasteiger partial charge in [-0.1, -0.05) is 84.2 Å². The Kier molecular flexibility index (Phi) is 10.7. The number of hydrogen-bond donors (Lipinski definition) is 1. The number of amides is 2. The number of aryl methyl sites for hydroxylation is 1. The molecular formula is C29H32Cl2N2O2S. The van der Waals surface area contributed by atoms with Crippen LogP contribution in [0.5, 0.6) is 0 Å². The van der Waals surface area contributed by atoms with Crippen molar-refractivity contribution >= 4 is 46.8 Å². The molecule has 190 valence electrons. The molecule has 36 heavy (non-hydrogen) atoms. The number of benzene rings is 3. The molecule has 0 bridgehead atoms. The van der Waals surface area contributed by atoms with E-state index in [0.717, 1.165) is 28.0 Å². The van der Waals surface area contributed by atoms with Crippen molar-refractivity contribution in [2.75, 3.05) is 5.75 Å². The molecule has 0 aliphatic carbocycles. The second kappa shape index (κ2) is 13.7. The van der Waals surface area contributed by atoms with E-state index in [1.165, 1.54) is 11.8 Å². The van der Waals surface area contributed by atoms with Crippen LogP contribution >= 0.6 is 35.0 Å². The van der Waals surface area contributed by atoms with Gasteiger partial charge in [0.2, 0.25) is 11.8 Å². The molecule has 3 rings (SSSR count). The molecule has 3 aromatic rings. The monoisotopic (exact) mass is 542 g/mol. The van der Waals surface area contributed by atoms with Crippen LogP contribution in [0.3, 0.4) is 0 Å². The number of halogens is 2. The Morgan fingerprint density at radius 3 is 2.28 bits per heavy atom. The first-order chi connectivity index (χ1) is 17.3. The third-order valence-corrected chi connectivity index (χ3v) is 7.73. The van der Waals surface area contributed by atoms with Crippen LogP contribution in [-0.4, -0.2) is 34.6 Å². The molecule has 0 radical (unpaired) electrons. The number of hydrogen-bond acceptors (Lipinski definition) is 3. The smallest absolute Gasteiger partial charge is 0.243 e. The van der Waals surface area contributed by atoms with Gasteiger partial charge in [0.15, 0.2) is 0 Å². The Morgan fingerprint density at radius 2 is 1.64 bits per heavy atom. The summed E-state index contributed by atoms with van der Waals surface area (Å²) >= 11 is 13.9. The maximum absolute atomic E-state index is 13.7. The Hall–Kier alpha value is -2.47. The van der Waals surface area contributed by atoms with Crippen molar-refractivity contribution in [2.45, 2.75) is 57.1 Å². The molecule has 2 unspecified atom stereocenters. The predicted octanol–water partition coefficient (Wildman–Crippen LogP) is 6.95.